The molecule has 6 nitrogen and oxygen atoms in total. The summed E-state index contributed by atoms with van der Waals surface area (Å²) >= 11 is 0. The summed E-state index contributed by atoms with van der Waals surface area (Å²) in [6.07, 6.45) is 1.80. The summed E-state index contributed by atoms with van der Waals surface area (Å²) in [4.78, 5) is 24.4. The van der Waals surface area contributed by atoms with Gasteiger partial charge in [-0.05, 0) is 68.1 Å². The molecule has 2 atom stereocenters. The van der Waals surface area contributed by atoms with Gasteiger partial charge in [-0.15, -0.1) is 0 Å². The predicted octanol–water partition coefficient (Wildman–Crippen LogP) is 3.29. The lowest BCUT2D eigenvalue weighted by Crippen LogP contribution is -2.36. The zero-order valence-corrected chi connectivity index (χ0v) is 16.9. The van der Waals surface area contributed by atoms with E-state index in [1.165, 1.54) is 19.1 Å². The van der Waals surface area contributed by atoms with Crippen molar-refractivity contribution in [3.05, 3.63) is 65.5 Å². The maximum atomic E-state index is 12.9. The minimum absolute atomic E-state index is 0.122. The number of amides is 1. The number of hydrogen-bond acceptors (Lipinski definition) is 5. The lowest BCUT2D eigenvalue weighted by molar-refractivity contribution is -0.129. The molecule has 0 radical (unpaired) electrons. The van der Waals surface area contributed by atoms with Crippen LogP contribution in [0.5, 0.6) is 5.75 Å². The fourth-order valence-corrected chi connectivity index (χ4v) is 3.06. The Morgan fingerprint density at radius 1 is 1.17 bits per heavy atom. The minimum atomic E-state index is -0.929. The molecule has 3 rings (SSSR count). The first kappa shape index (κ1) is 21.8. The number of ether oxygens (including phenoxy) is 3. The number of nitrogens with one attached hydrogen (secondary N) is 1. The van der Waals surface area contributed by atoms with E-state index >= 15 is 0 Å². The third kappa shape index (κ3) is 6.56. The highest BCUT2D eigenvalue weighted by Gasteiger charge is 2.19. The second-order valence-corrected chi connectivity index (χ2v) is 7.19. The zero-order chi connectivity index (χ0) is 21.3. The standard InChI is InChI=1S/C23H26FNO5/c1-16(22(26)25-13-12-17-4-8-19(24)9-5-17)30-23(27)18-6-10-20(11-7-18)29-15-21-3-2-14-28-21/h4-11,16,21H,2-3,12-15H2,1H3,(H,25,26)/t16-,21+/m0/s1. The van der Waals surface area contributed by atoms with Crippen LogP contribution in [0.25, 0.3) is 0 Å². The number of esters is 1. The Morgan fingerprint density at radius 3 is 2.57 bits per heavy atom. The van der Waals surface area contributed by atoms with Gasteiger partial charge in [0.25, 0.3) is 5.91 Å². The highest BCUT2D eigenvalue weighted by atomic mass is 19.1. The molecule has 1 N–H and O–H groups in total. The summed E-state index contributed by atoms with van der Waals surface area (Å²) in [7, 11) is 0. The molecular formula is C23H26FNO5. The van der Waals surface area contributed by atoms with Gasteiger partial charge in [-0.2, -0.15) is 0 Å². The van der Waals surface area contributed by atoms with E-state index in [0.717, 1.165) is 25.0 Å². The number of carbonyl (C=O) groups is 2. The van der Waals surface area contributed by atoms with Crippen LogP contribution in [0.4, 0.5) is 4.39 Å². The Balaban J connectivity index is 1.40. The smallest absolute Gasteiger partial charge is 0.338 e. The molecule has 30 heavy (non-hydrogen) atoms. The second-order valence-electron chi connectivity index (χ2n) is 7.19. The molecule has 0 unspecified atom stereocenters. The number of benzene rings is 2. The molecule has 1 aliphatic rings. The van der Waals surface area contributed by atoms with Crippen molar-refractivity contribution in [1.29, 1.82) is 0 Å². The predicted molar refractivity (Wildman–Crippen MR) is 109 cm³/mol. The third-order valence-electron chi connectivity index (χ3n) is 4.83. The van der Waals surface area contributed by atoms with Crippen LogP contribution in [0.2, 0.25) is 0 Å². The van der Waals surface area contributed by atoms with E-state index in [1.54, 1.807) is 36.4 Å². The van der Waals surface area contributed by atoms with Gasteiger partial charge in [-0.3, -0.25) is 4.79 Å². The molecule has 1 saturated heterocycles. The van der Waals surface area contributed by atoms with Gasteiger partial charge in [0.2, 0.25) is 0 Å². The molecule has 160 valence electrons. The van der Waals surface area contributed by atoms with Crippen LogP contribution in [0.3, 0.4) is 0 Å². The van der Waals surface area contributed by atoms with Gasteiger partial charge in [-0.25, -0.2) is 9.18 Å². The molecular weight excluding hydrogens is 389 g/mol. The van der Waals surface area contributed by atoms with E-state index in [2.05, 4.69) is 5.32 Å². The van der Waals surface area contributed by atoms with Crippen LogP contribution in [0.1, 0.15) is 35.7 Å². The third-order valence-corrected chi connectivity index (χ3v) is 4.83. The molecule has 0 aromatic heterocycles. The molecule has 2 aromatic rings. The van der Waals surface area contributed by atoms with Gasteiger partial charge in [0.15, 0.2) is 6.10 Å². The van der Waals surface area contributed by atoms with Crippen molar-refractivity contribution in [3.8, 4) is 5.75 Å². The first-order valence-corrected chi connectivity index (χ1v) is 10.1. The van der Waals surface area contributed by atoms with Gasteiger partial charge in [0.05, 0.1) is 11.7 Å². The maximum Gasteiger partial charge on any atom is 0.338 e. The van der Waals surface area contributed by atoms with Crippen molar-refractivity contribution in [1.82, 2.24) is 5.32 Å². The van der Waals surface area contributed by atoms with Crippen LogP contribution in [0, 0.1) is 5.82 Å². The molecule has 1 amide bonds. The Hall–Kier alpha value is -2.93. The first-order valence-electron chi connectivity index (χ1n) is 10.1. The molecule has 0 bridgehead atoms. The molecule has 0 spiro atoms. The van der Waals surface area contributed by atoms with Crippen molar-refractivity contribution in [2.45, 2.75) is 38.4 Å². The summed E-state index contributed by atoms with van der Waals surface area (Å²) in [6, 6.07) is 12.7. The van der Waals surface area contributed by atoms with Crippen molar-refractivity contribution in [2.24, 2.45) is 0 Å². The summed E-state index contributed by atoms with van der Waals surface area (Å²) in [5, 5.41) is 2.71. The average molecular weight is 415 g/mol. The van der Waals surface area contributed by atoms with E-state index in [-0.39, 0.29) is 17.8 Å². The van der Waals surface area contributed by atoms with Crippen molar-refractivity contribution in [2.75, 3.05) is 19.8 Å². The largest absolute Gasteiger partial charge is 0.491 e. The lowest BCUT2D eigenvalue weighted by atomic mass is 10.1. The molecule has 0 aliphatic carbocycles. The summed E-state index contributed by atoms with van der Waals surface area (Å²) < 4.78 is 29.3. The van der Waals surface area contributed by atoms with Crippen molar-refractivity contribution >= 4 is 11.9 Å². The monoisotopic (exact) mass is 415 g/mol. The first-order chi connectivity index (χ1) is 14.5. The topological polar surface area (TPSA) is 73.9 Å². The van der Waals surface area contributed by atoms with E-state index < -0.39 is 12.1 Å². The number of rotatable bonds is 9. The van der Waals surface area contributed by atoms with Crippen LogP contribution in [-0.2, 0) is 20.7 Å². The Morgan fingerprint density at radius 2 is 1.90 bits per heavy atom. The van der Waals surface area contributed by atoms with E-state index in [0.29, 0.717) is 30.9 Å². The van der Waals surface area contributed by atoms with Crippen LogP contribution >= 0.6 is 0 Å². The number of halogens is 1. The van der Waals surface area contributed by atoms with Gasteiger partial charge in [0.1, 0.15) is 18.2 Å². The van der Waals surface area contributed by atoms with Gasteiger partial charge >= 0.3 is 5.97 Å². The van der Waals surface area contributed by atoms with Crippen molar-refractivity contribution < 1.29 is 28.2 Å². The summed E-state index contributed by atoms with van der Waals surface area (Å²) in [6.45, 7) is 3.14. The van der Waals surface area contributed by atoms with Crippen LogP contribution < -0.4 is 10.1 Å². The molecule has 1 aliphatic heterocycles. The number of carbonyl (C=O) groups excluding carboxylic acids is 2. The molecule has 0 saturated carbocycles. The number of hydrogen-bond donors (Lipinski definition) is 1. The van der Waals surface area contributed by atoms with E-state index in [1.807, 2.05) is 0 Å². The van der Waals surface area contributed by atoms with Crippen molar-refractivity contribution in [3.63, 3.8) is 0 Å². The lowest BCUT2D eigenvalue weighted by Gasteiger charge is -2.14. The average Bonchev–Trinajstić information content (AvgIpc) is 3.27. The zero-order valence-electron chi connectivity index (χ0n) is 16.9. The second kappa shape index (κ2) is 10.7. The quantitative estimate of drug-likeness (QED) is 0.637. The van der Waals surface area contributed by atoms with Gasteiger partial charge in [-0.1, -0.05) is 12.1 Å². The van der Waals surface area contributed by atoms with Crippen LogP contribution in [-0.4, -0.2) is 43.8 Å². The highest BCUT2D eigenvalue weighted by molar-refractivity contribution is 5.92. The van der Waals surface area contributed by atoms with E-state index in [4.69, 9.17) is 14.2 Å². The molecule has 1 fully saturated rings. The Bertz CT molecular complexity index is 832. The molecule has 7 heteroatoms. The van der Waals surface area contributed by atoms with E-state index in [9.17, 15) is 14.0 Å². The minimum Gasteiger partial charge on any atom is -0.491 e. The fourth-order valence-electron chi connectivity index (χ4n) is 3.06. The van der Waals surface area contributed by atoms with Crippen LogP contribution in [0.15, 0.2) is 48.5 Å². The maximum absolute atomic E-state index is 12.9. The summed E-state index contributed by atoms with van der Waals surface area (Å²) in [5.74, 6) is -0.622. The molecule has 2 aromatic carbocycles. The highest BCUT2D eigenvalue weighted by Crippen LogP contribution is 2.17. The summed E-state index contributed by atoms with van der Waals surface area (Å²) in [5.41, 5.74) is 1.24. The fraction of sp³-hybridized carbons (Fsp3) is 0.391. The Kier molecular flexibility index (Phi) is 7.79. The van der Waals surface area contributed by atoms with Gasteiger partial charge < -0.3 is 19.5 Å². The normalized spacial score (nSPS) is 16.7. The SMILES string of the molecule is C[C@H](OC(=O)c1ccc(OC[C@H]2CCCO2)cc1)C(=O)NCCc1ccc(F)cc1. The Labute approximate surface area is 175 Å². The molecule has 1 heterocycles. The van der Waals surface area contributed by atoms with Gasteiger partial charge in [0, 0.05) is 13.2 Å².